The lowest BCUT2D eigenvalue weighted by Crippen LogP contribution is -2.31. The molecular formula is C17H28N4OS. The fourth-order valence-corrected chi connectivity index (χ4v) is 3.61. The Morgan fingerprint density at radius 3 is 2.48 bits per heavy atom. The molecule has 0 radical (unpaired) electrons. The summed E-state index contributed by atoms with van der Waals surface area (Å²) >= 11 is 1.40. The lowest BCUT2D eigenvalue weighted by Gasteiger charge is -2.19. The van der Waals surface area contributed by atoms with Crippen LogP contribution >= 0.6 is 11.8 Å². The van der Waals surface area contributed by atoms with Crippen LogP contribution in [0, 0.1) is 13.8 Å². The summed E-state index contributed by atoms with van der Waals surface area (Å²) in [6.07, 6.45) is 6.39. The summed E-state index contributed by atoms with van der Waals surface area (Å²) in [4.78, 5) is 23.1. The Labute approximate surface area is 143 Å². The third kappa shape index (κ3) is 7.31. The van der Waals surface area contributed by atoms with Crippen LogP contribution in [-0.4, -0.2) is 52.7 Å². The summed E-state index contributed by atoms with van der Waals surface area (Å²) in [6, 6.07) is 1.94. The molecule has 0 unspecified atom stereocenters. The minimum absolute atomic E-state index is 0.0635. The van der Waals surface area contributed by atoms with Crippen LogP contribution in [0.3, 0.4) is 0 Å². The molecule has 1 amide bonds. The monoisotopic (exact) mass is 336 g/mol. The second-order valence-electron chi connectivity index (χ2n) is 6.18. The Bertz CT molecular complexity index is 481. The molecule has 1 aliphatic rings. The van der Waals surface area contributed by atoms with Crippen LogP contribution in [0.5, 0.6) is 0 Å². The van der Waals surface area contributed by atoms with Crippen molar-refractivity contribution in [2.75, 3.05) is 31.9 Å². The van der Waals surface area contributed by atoms with Crippen LogP contribution in [-0.2, 0) is 4.79 Å². The average molecular weight is 337 g/mol. The second-order valence-corrected chi connectivity index (χ2v) is 7.12. The number of nitrogens with zero attached hydrogens (tertiary/aromatic N) is 3. The van der Waals surface area contributed by atoms with Crippen molar-refractivity contribution in [1.29, 1.82) is 0 Å². The number of aryl methyl sites for hydroxylation is 2. The number of thioether (sulfide) groups is 1. The predicted octanol–water partition coefficient (Wildman–Crippen LogP) is 2.57. The van der Waals surface area contributed by atoms with Crippen molar-refractivity contribution in [2.24, 2.45) is 0 Å². The molecule has 0 aromatic carbocycles. The molecular weight excluding hydrogens is 308 g/mol. The third-order valence-corrected chi connectivity index (χ3v) is 4.81. The van der Waals surface area contributed by atoms with Crippen molar-refractivity contribution >= 4 is 17.7 Å². The molecule has 1 aromatic heterocycles. The number of hydrogen-bond donors (Lipinski definition) is 1. The topological polar surface area (TPSA) is 58.1 Å². The van der Waals surface area contributed by atoms with Gasteiger partial charge in [-0.2, -0.15) is 0 Å². The third-order valence-electron chi connectivity index (χ3n) is 3.97. The molecule has 1 aromatic rings. The van der Waals surface area contributed by atoms with Gasteiger partial charge in [0.25, 0.3) is 0 Å². The van der Waals surface area contributed by atoms with E-state index in [1.165, 1.54) is 50.5 Å². The molecule has 23 heavy (non-hydrogen) atoms. The van der Waals surface area contributed by atoms with Crippen molar-refractivity contribution in [1.82, 2.24) is 20.2 Å². The highest BCUT2D eigenvalue weighted by Gasteiger charge is 2.09. The first-order valence-electron chi connectivity index (χ1n) is 8.57. The molecule has 2 rings (SSSR count). The number of nitrogens with one attached hydrogen (secondary N) is 1. The lowest BCUT2D eigenvalue weighted by molar-refractivity contribution is -0.118. The molecule has 0 atom stereocenters. The normalized spacial score (nSPS) is 16.1. The van der Waals surface area contributed by atoms with Gasteiger partial charge in [0.2, 0.25) is 5.91 Å². The van der Waals surface area contributed by atoms with Crippen molar-refractivity contribution < 1.29 is 4.79 Å². The van der Waals surface area contributed by atoms with Crippen molar-refractivity contribution in [3.05, 3.63) is 17.5 Å². The number of carbonyl (C=O) groups excluding carboxylic acids is 1. The van der Waals surface area contributed by atoms with Crippen LogP contribution in [0.4, 0.5) is 0 Å². The van der Waals surface area contributed by atoms with Gasteiger partial charge in [-0.15, -0.1) is 0 Å². The maximum absolute atomic E-state index is 11.9. The standard InChI is InChI=1S/C17H28N4OS/c1-14-12-15(2)20-17(19-14)23-13-16(22)18-8-7-11-21-9-5-3-4-6-10-21/h12H,3-11,13H2,1-2H3,(H,18,22). The Morgan fingerprint density at radius 2 is 1.83 bits per heavy atom. The Kier molecular flexibility index (Phi) is 7.82. The van der Waals surface area contributed by atoms with Gasteiger partial charge in [-0.25, -0.2) is 9.97 Å². The average Bonchev–Trinajstić information content (AvgIpc) is 2.77. The van der Waals surface area contributed by atoms with Crippen LogP contribution in [0.2, 0.25) is 0 Å². The molecule has 1 fully saturated rings. The van der Waals surface area contributed by atoms with Crippen LogP contribution < -0.4 is 5.32 Å². The van der Waals surface area contributed by atoms with E-state index < -0.39 is 0 Å². The Hall–Kier alpha value is -1.14. The Morgan fingerprint density at radius 1 is 1.17 bits per heavy atom. The number of likely N-dealkylation sites (tertiary alicyclic amines) is 1. The highest BCUT2D eigenvalue weighted by atomic mass is 32.2. The molecule has 0 spiro atoms. The minimum atomic E-state index is 0.0635. The van der Waals surface area contributed by atoms with Crippen molar-refractivity contribution in [3.63, 3.8) is 0 Å². The van der Waals surface area contributed by atoms with Crippen LogP contribution in [0.25, 0.3) is 0 Å². The lowest BCUT2D eigenvalue weighted by atomic mass is 10.2. The van der Waals surface area contributed by atoms with E-state index in [0.29, 0.717) is 10.9 Å². The predicted molar refractivity (Wildman–Crippen MR) is 94.8 cm³/mol. The molecule has 0 bridgehead atoms. The minimum Gasteiger partial charge on any atom is -0.355 e. The van der Waals surface area contributed by atoms with E-state index in [1.54, 1.807) is 0 Å². The number of carbonyl (C=O) groups is 1. The second kappa shape index (κ2) is 9.88. The highest BCUT2D eigenvalue weighted by molar-refractivity contribution is 7.99. The molecule has 1 saturated heterocycles. The smallest absolute Gasteiger partial charge is 0.230 e. The van der Waals surface area contributed by atoms with E-state index in [9.17, 15) is 4.79 Å². The van der Waals surface area contributed by atoms with E-state index in [1.807, 2.05) is 19.9 Å². The zero-order valence-corrected chi connectivity index (χ0v) is 15.1. The van der Waals surface area contributed by atoms with Crippen LogP contribution in [0.1, 0.15) is 43.5 Å². The summed E-state index contributed by atoms with van der Waals surface area (Å²) < 4.78 is 0. The molecule has 128 valence electrons. The molecule has 2 heterocycles. The zero-order chi connectivity index (χ0) is 16.5. The maximum Gasteiger partial charge on any atom is 0.230 e. The molecule has 1 aliphatic heterocycles. The van der Waals surface area contributed by atoms with E-state index in [2.05, 4.69) is 20.2 Å². The van der Waals surface area contributed by atoms with Gasteiger partial charge in [0.05, 0.1) is 5.75 Å². The number of aromatic nitrogens is 2. The van der Waals surface area contributed by atoms with Gasteiger partial charge in [-0.05, 0) is 58.8 Å². The molecule has 1 N–H and O–H groups in total. The fourth-order valence-electron chi connectivity index (χ4n) is 2.83. The van der Waals surface area contributed by atoms with Gasteiger partial charge in [0.1, 0.15) is 0 Å². The van der Waals surface area contributed by atoms with E-state index in [4.69, 9.17) is 0 Å². The maximum atomic E-state index is 11.9. The van der Waals surface area contributed by atoms with Gasteiger partial charge in [0, 0.05) is 17.9 Å². The van der Waals surface area contributed by atoms with Crippen molar-refractivity contribution in [2.45, 2.75) is 51.1 Å². The first-order chi connectivity index (χ1) is 11.1. The summed E-state index contributed by atoms with van der Waals surface area (Å²) in [7, 11) is 0. The molecule has 5 nitrogen and oxygen atoms in total. The number of hydrogen-bond acceptors (Lipinski definition) is 5. The van der Waals surface area contributed by atoms with E-state index in [-0.39, 0.29) is 5.91 Å². The summed E-state index contributed by atoms with van der Waals surface area (Å²) in [5.41, 5.74) is 1.88. The van der Waals surface area contributed by atoms with Gasteiger partial charge >= 0.3 is 0 Å². The largest absolute Gasteiger partial charge is 0.355 e. The fraction of sp³-hybridized carbons (Fsp3) is 0.706. The highest BCUT2D eigenvalue weighted by Crippen LogP contribution is 2.13. The summed E-state index contributed by atoms with van der Waals surface area (Å²) in [5.74, 6) is 0.445. The molecule has 6 heteroatoms. The van der Waals surface area contributed by atoms with Crippen LogP contribution in [0.15, 0.2) is 11.2 Å². The number of rotatable bonds is 7. The van der Waals surface area contributed by atoms with E-state index >= 15 is 0 Å². The quantitative estimate of drug-likeness (QED) is 0.471. The summed E-state index contributed by atoms with van der Waals surface area (Å²) in [5, 5.41) is 3.68. The summed E-state index contributed by atoms with van der Waals surface area (Å²) in [6.45, 7) is 8.17. The van der Waals surface area contributed by atoms with Crippen molar-refractivity contribution in [3.8, 4) is 0 Å². The SMILES string of the molecule is Cc1cc(C)nc(SCC(=O)NCCCN2CCCCCC2)n1. The van der Waals surface area contributed by atoms with Gasteiger partial charge in [-0.1, -0.05) is 24.6 Å². The van der Waals surface area contributed by atoms with Gasteiger partial charge in [-0.3, -0.25) is 4.79 Å². The number of amides is 1. The van der Waals surface area contributed by atoms with Gasteiger partial charge in [0.15, 0.2) is 5.16 Å². The first kappa shape index (κ1) is 18.2. The molecule has 0 aliphatic carbocycles. The molecule has 0 saturated carbocycles. The first-order valence-corrected chi connectivity index (χ1v) is 9.56. The van der Waals surface area contributed by atoms with E-state index in [0.717, 1.165) is 30.9 Å². The zero-order valence-electron chi connectivity index (χ0n) is 14.3. The van der Waals surface area contributed by atoms with Gasteiger partial charge < -0.3 is 10.2 Å². The Balaban J connectivity index is 1.59.